The number of benzene rings is 1. The van der Waals surface area contributed by atoms with Gasteiger partial charge in [-0.2, -0.15) is 0 Å². The van der Waals surface area contributed by atoms with Crippen LogP contribution in [0.3, 0.4) is 0 Å². The zero-order chi connectivity index (χ0) is 20.3. The van der Waals surface area contributed by atoms with E-state index in [1.165, 1.54) is 4.90 Å². The van der Waals surface area contributed by atoms with Crippen molar-refractivity contribution in [2.75, 3.05) is 31.1 Å². The van der Waals surface area contributed by atoms with Gasteiger partial charge >= 0.3 is 12.1 Å². The van der Waals surface area contributed by atoms with Crippen LogP contribution in [0.4, 0.5) is 10.5 Å². The first-order valence-electron chi connectivity index (χ1n) is 8.90. The van der Waals surface area contributed by atoms with Crippen molar-refractivity contribution in [1.29, 1.82) is 5.41 Å². The maximum absolute atomic E-state index is 12.7. The predicted octanol–water partition coefficient (Wildman–Crippen LogP) is 0.388. The van der Waals surface area contributed by atoms with Crippen LogP contribution in [0.1, 0.15) is 18.4 Å². The molecule has 10 heteroatoms. The number of likely N-dealkylation sites (tertiary alicyclic amines) is 1. The molecule has 2 aliphatic rings. The van der Waals surface area contributed by atoms with E-state index in [2.05, 4.69) is 0 Å². The number of piperidine rings is 1. The first-order valence-corrected chi connectivity index (χ1v) is 8.90. The lowest BCUT2D eigenvalue weighted by molar-refractivity contribution is -0.148. The smallest absolute Gasteiger partial charge is 0.415 e. The summed E-state index contributed by atoms with van der Waals surface area (Å²) < 4.78 is 10.5. The van der Waals surface area contributed by atoms with Gasteiger partial charge in [0, 0.05) is 24.3 Å². The number of hydrogen-bond acceptors (Lipinski definition) is 6. The molecule has 0 aromatic heterocycles. The van der Waals surface area contributed by atoms with Crippen molar-refractivity contribution in [1.82, 2.24) is 4.90 Å². The number of nitrogens with two attached hydrogens (primary N) is 1. The third-order valence-electron chi connectivity index (χ3n) is 4.77. The Hall–Kier alpha value is -3.14. The van der Waals surface area contributed by atoms with E-state index in [0.717, 1.165) is 0 Å². The number of amidine groups is 1. The normalized spacial score (nSPS) is 20.1. The summed E-state index contributed by atoms with van der Waals surface area (Å²) in [4.78, 5) is 38.4. The van der Waals surface area contributed by atoms with Gasteiger partial charge in [0.05, 0.1) is 12.6 Å². The number of nitrogens with zero attached hydrogens (tertiary/aromatic N) is 2. The molecular formula is C18H22N4O6. The Morgan fingerprint density at radius 3 is 2.46 bits per heavy atom. The fraction of sp³-hybridized carbons (Fsp3) is 0.444. The monoisotopic (exact) mass is 390 g/mol. The average molecular weight is 390 g/mol. The molecule has 1 unspecified atom stereocenters. The molecule has 0 spiro atoms. The van der Waals surface area contributed by atoms with Gasteiger partial charge in [-0.15, -0.1) is 0 Å². The van der Waals surface area contributed by atoms with Crippen molar-refractivity contribution < 1.29 is 29.0 Å². The first kappa shape index (κ1) is 19.6. The van der Waals surface area contributed by atoms with Crippen LogP contribution in [0.2, 0.25) is 0 Å². The molecule has 2 amide bonds. The molecule has 2 saturated heterocycles. The predicted molar refractivity (Wildman–Crippen MR) is 98.3 cm³/mol. The van der Waals surface area contributed by atoms with Crippen molar-refractivity contribution in [3.63, 3.8) is 0 Å². The highest BCUT2D eigenvalue weighted by Crippen LogP contribution is 2.24. The Labute approximate surface area is 161 Å². The third kappa shape index (κ3) is 4.39. The molecule has 1 aromatic rings. The fourth-order valence-electron chi connectivity index (χ4n) is 3.26. The molecule has 0 aliphatic carbocycles. The molecule has 2 fully saturated rings. The van der Waals surface area contributed by atoms with Crippen LogP contribution in [0.15, 0.2) is 24.3 Å². The number of carboxylic acids is 1. The maximum atomic E-state index is 12.7. The van der Waals surface area contributed by atoms with Crippen LogP contribution in [0.25, 0.3) is 0 Å². The zero-order valence-corrected chi connectivity index (χ0v) is 15.2. The minimum absolute atomic E-state index is 0.0701. The van der Waals surface area contributed by atoms with Gasteiger partial charge in [0.1, 0.15) is 12.4 Å². The Morgan fingerprint density at radius 2 is 1.89 bits per heavy atom. The number of carboxylic acid groups (broad SMARTS) is 1. The second-order valence-electron chi connectivity index (χ2n) is 6.67. The second-order valence-corrected chi connectivity index (χ2v) is 6.67. The van der Waals surface area contributed by atoms with Crippen LogP contribution in [0, 0.1) is 5.41 Å². The van der Waals surface area contributed by atoms with Gasteiger partial charge < -0.3 is 25.2 Å². The van der Waals surface area contributed by atoms with E-state index in [-0.39, 0.29) is 31.0 Å². The van der Waals surface area contributed by atoms with Crippen LogP contribution >= 0.6 is 0 Å². The molecule has 2 aliphatic heterocycles. The molecule has 2 heterocycles. The second kappa shape index (κ2) is 8.26. The number of nitrogen functional groups attached to an aromatic ring is 1. The van der Waals surface area contributed by atoms with Gasteiger partial charge in [-0.05, 0) is 37.1 Å². The Morgan fingerprint density at radius 1 is 1.25 bits per heavy atom. The van der Waals surface area contributed by atoms with Gasteiger partial charge in [-0.3, -0.25) is 15.1 Å². The number of ether oxygens (including phenoxy) is 2. The van der Waals surface area contributed by atoms with E-state index in [4.69, 9.17) is 25.7 Å². The summed E-state index contributed by atoms with van der Waals surface area (Å²) in [7, 11) is 0. The molecule has 0 radical (unpaired) electrons. The number of hydrogen-bond donors (Lipinski definition) is 3. The Balaban J connectivity index is 1.55. The molecule has 1 atom stereocenters. The lowest BCUT2D eigenvalue weighted by Crippen LogP contribution is -2.46. The van der Waals surface area contributed by atoms with Gasteiger partial charge in [-0.1, -0.05) is 0 Å². The number of amides is 2. The van der Waals surface area contributed by atoms with Crippen LogP contribution < -0.4 is 10.6 Å². The van der Waals surface area contributed by atoms with E-state index < -0.39 is 18.2 Å². The molecule has 1 aromatic carbocycles. The van der Waals surface area contributed by atoms with Crippen molar-refractivity contribution in [2.24, 2.45) is 5.73 Å². The summed E-state index contributed by atoms with van der Waals surface area (Å²) in [5.74, 6) is -1.36. The number of aliphatic carboxylic acids is 1. The molecule has 0 bridgehead atoms. The van der Waals surface area contributed by atoms with Gasteiger partial charge in [0.2, 0.25) is 0 Å². The number of carbonyl (C=O) groups excluding carboxylic acids is 2. The molecule has 4 N–H and O–H groups in total. The van der Waals surface area contributed by atoms with E-state index in [9.17, 15) is 14.4 Å². The van der Waals surface area contributed by atoms with Gasteiger partial charge in [0.15, 0.2) is 6.10 Å². The lowest BCUT2D eigenvalue weighted by atomic mass is 10.1. The number of rotatable bonds is 6. The highest BCUT2D eigenvalue weighted by Gasteiger charge is 2.40. The summed E-state index contributed by atoms with van der Waals surface area (Å²) in [6.07, 6.45) is -0.612. The minimum atomic E-state index is -1.02. The van der Waals surface area contributed by atoms with Crippen LogP contribution in [-0.2, 0) is 19.1 Å². The van der Waals surface area contributed by atoms with Crippen molar-refractivity contribution in [3.05, 3.63) is 29.8 Å². The summed E-state index contributed by atoms with van der Waals surface area (Å²) >= 11 is 0. The van der Waals surface area contributed by atoms with Crippen LogP contribution in [-0.4, -0.2) is 72.3 Å². The van der Waals surface area contributed by atoms with Crippen molar-refractivity contribution in [3.8, 4) is 0 Å². The molecule has 150 valence electrons. The number of cyclic esters (lactones) is 1. The molecule has 10 nitrogen and oxygen atoms in total. The van der Waals surface area contributed by atoms with E-state index >= 15 is 0 Å². The lowest BCUT2D eigenvalue weighted by Gasteiger charge is -2.32. The summed E-state index contributed by atoms with van der Waals surface area (Å²) in [5, 5.41) is 16.1. The topological polar surface area (TPSA) is 146 Å². The summed E-state index contributed by atoms with van der Waals surface area (Å²) in [5.41, 5.74) is 6.52. The minimum Gasteiger partial charge on any atom is -0.480 e. The zero-order valence-electron chi connectivity index (χ0n) is 15.2. The molecule has 3 rings (SSSR count). The Bertz CT molecular complexity index is 773. The van der Waals surface area contributed by atoms with Gasteiger partial charge in [-0.25, -0.2) is 9.59 Å². The number of nitrogens with one attached hydrogen (secondary N) is 1. The van der Waals surface area contributed by atoms with Crippen molar-refractivity contribution in [2.45, 2.75) is 25.0 Å². The van der Waals surface area contributed by atoms with E-state index in [0.29, 0.717) is 37.2 Å². The molecular weight excluding hydrogens is 368 g/mol. The quantitative estimate of drug-likeness (QED) is 0.470. The highest BCUT2D eigenvalue weighted by molar-refractivity contribution is 5.97. The average Bonchev–Trinajstić information content (AvgIpc) is 3.08. The van der Waals surface area contributed by atoms with Crippen LogP contribution in [0.5, 0.6) is 0 Å². The largest absolute Gasteiger partial charge is 0.480 e. The standard InChI is InChI=1S/C18H22N4O6/c19-16(20)11-1-3-12(4-2-11)22-9-14(28-18(22)26)17(25)21-7-5-13(6-8-21)27-10-15(23)24/h1-4,13-14H,5-10H2,(H3,19,20)(H,23,24). The SMILES string of the molecule is N=C(N)c1ccc(N2CC(C(=O)N3CCC(OCC(=O)O)CC3)OC2=O)cc1. The van der Waals surface area contributed by atoms with E-state index in [1.807, 2.05) is 0 Å². The Kier molecular flexibility index (Phi) is 5.78. The fourth-order valence-corrected chi connectivity index (χ4v) is 3.26. The third-order valence-corrected chi connectivity index (χ3v) is 4.77. The number of carbonyl (C=O) groups is 3. The van der Waals surface area contributed by atoms with Crippen molar-refractivity contribution >= 4 is 29.5 Å². The van der Waals surface area contributed by atoms with E-state index in [1.54, 1.807) is 29.2 Å². The summed E-state index contributed by atoms with van der Waals surface area (Å²) in [6, 6.07) is 6.55. The summed E-state index contributed by atoms with van der Waals surface area (Å²) in [6.45, 7) is 0.595. The van der Waals surface area contributed by atoms with Gasteiger partial charge in [0.25, 0.3) is 5.91 Å². The maximum Gasteiger partial charge on any atom is 0.415 e. The highest BCUT2D eigenvalue weighted by atomic mass is 16.6. The first-order chi connectivity index (χ1) is 13.3. The molecule has 28 heavy (non-hydrogen) atoms. The molecule has 0 saturated carbocycles. The number of anilines is 1.